The molecule has 1 aromatic rings. The van der Waals surface area contributed by atoms with Crippen LogP contribution in [0.25, 0.3) is 0 Å². The zero-order valence-electron chi connectivity index (χ0n) is 13.1. The Morgan fingerprint density at radius 2 is 2.00 bits per heavy atom. The van der Waals surface area contributed by atoms with Crippen molar-refractivity contribution in [1.82, 2.24) is 15.1 Å². The Labute approximate surface area is 129 Å². The third-order valence-electron chi connectivity index (χ3n) is 2.81. The molecular weight excluding hydrogens is 294 g/mol. The number of halogens is 1. The molecule has 1 atom stereocenters. The van der Waals surface area contributed by atoms with Crippen LogP contribution < -0.4 is 5.32 Å². The number of rotatable bonds is 6. The number of likely N-dealkylation sites (N-methyl/N-ethyl adjacent to an activating group) is 1. The molecule has 0 fully saturated rings. The van der Waals surface area contributed by atoms with E-state index in [2.05, 4.69) is 10.4 Å². The minimum Gasteiger partial charge on any atom is -0.449 e. The Bertz CT molecular complexity index is 526. The molecule has 1 aromatic heterocycles. The molecule has 0 unspecified atom stereocenters. The van der Waals surface area contributed by atoms with Crippen LogP contribution in [0.1, 0.15) is 43.7 Å². The highest BCUT2D eigenvalue weighted by Crippen LogP contribution is 2.22. The second-order valence-electron chi connectivity index (χ2n) is 5.27. The van der Waals surface area contributed by atoms with Gasteiger partial charge in [-0.05, 0) is 26.7 Å². The van der Waals surface area contributed by atoms with Gasteiger partial charge in [-0.2, -0.15) is 5.10 Å². The monoisotopic (exact) mass is 315 g/mol. The quantitative estimate of drug-likeness (QED) is 0.817. The fourth-order valence-corrected chi connectivity index (χ4v) is 2.16. The molecule has 7 heteroatoms. The van der Waals surface area contributed by atoms with Gasteiger partial charge in [0.2, 0.25) is 0 Å². The van der Waals surface area contributed by atoms with Crippen LogP contribution in [0.4, 0.5) is 0 Å². The first-order valence-electron chi connectivity index (χ1n) is 6.99. The Kier molecular flexibility index (Phi) is 6.20. The van der Waals surface area contributed by atoms with E-state index >= 15 is 0 Å². The first-order valence-corrected chi connectivity index (χ1v) is 7.37. The molecule has 1 N–H and O–H groups in total. The Morgan fingerprint density at radius 1 is 1.38 bits per heavy atom. The molecule has 0 aliphatic carbocycles. The lowest BCUT2D eigenvalue weighted by atomic mass is 10.2. The van der Waals surface area contributed by atoms with E-state index in [4.69, 9.17) is 16.3 Å². The van der Waals surface area contributed by atoms with Gasteiger partial charge in [-0.15, -0.1) is 0 Å². The summed E-state index contributed by atoms with van der Waals surface area (Å²) in [5.74, 6) is -0.625. The van der Waals surface area contributed by atoms with Crippen molar-refractivity contribution in [2.45, 2.75) is 47.3 Å². The predicted octanol–water partition coefficient (Wildman–Crippen LogP) is 2.18. The molecule has 21 heavy (non-hydrogen) atoms. The van der Waals surface area contributed by atoms with Crippen molar-refractivity contribution in [3.8, 4) is 0 Å². The summed E-state index contributed by atoms with van der Waals surface area (Å²) in [5.41, 5.74) is 0.710. The minimum absolute atomic E-state index is 0.216. The molecular formula is C14H22ClN3O3. The normalized spacial score (nSPS) is 12.3. The zero-order chi connectivity index (χ0) is 16.2. The first-order chi connectivity index (χ1) is 9.77. The number of nitrogens with one attached hydrogen (secondary N) is 1. The number of hydrogen-bond acceptors (Lipinski definition) is 4. The van der Waals surface area contributed by atoms with Crippen molar-refractivity contribution in [1.29, 1.82) is 0 Å². The minimum atomic E-state index is -0.874. The van der Waals surface area contributed by atoms with Crippen LogP contribution in [0.5, 0.6) is 0 Å². The standard InChI is InChI=1S/C14H22ClN3O3/c1-6-16-13(19)10(5)21-14(20)11-9(4)17-18(12(11)15)7-8(2)3/h8,10H,6-7H2,1-5H3,(H,16,19)/t10-/m1/s1. The summed E-state index contributed by atoms with van der Waals surface area (Å²) >= 11 is 6.19. The number of carbonyl (C=O) groups excluding carboxylic acids is 2. The van der Waals surface area contributed by atoms with Gasteiger partial charge in [0, 0.05) is 13.1 Å². The molecule has 0 aliphatic rings. The number of ether oxygens (including phenoxy) is 1. The van der Waals surface area contributed by atoms with Gasteiger partial charge in [0.05, 0.1) is 5.69 Å². The number of esters is 1. The molecule has 0 radical (unpaired) electrons. The first kappa shape index (κ1) is 17.5. The van der Waals surface area contributed by atoms with E-state index in [9.17, 15) is 9.59 Å². The number of hydrogen-bond donors (Lipinski definition) is 1. The summed E-state index contributed by atoms with van der Waals surface area (Å²) in [6.45, 7) is 10.2. The van der Waals surface area contributed by atoms with E-state index in [1.807, 2.05) is 13.8 Å². The van der Waals surface area contributed by atoms with E-state index < -0.39 is 12.1 Å². The average Bonchev–Trinajstić information content (AvgIpc) is 2.63. The fraction of sp³-hybridized carbons (Fsp3) is 0.643. The van der Waals surface area contributed by atoms with Gasteiger partial charge in [-0.25, -0.2) is 4.79 Å². The van der Waals surface area contributed by atoms with Crippen LogP contribution in [0.3, 0.4) is 0 Å². The van der Waals surface area contributed by atoms with Crippen molar-refractivity contribution >= 4 is 23.5 Å². The Morgan fingerprint density at radius 3 is 2.52 bits per heavy atom. The van der Waals surface area contributed by atoms with Gasteiger partial charge >= 0.3 is 5.97 Å². The number of aromatic nitrogens is 2. The average molecular weight is 316 g/mol. The van der Waals surface area contributed by atoms with E-state index in [1.54, 1.807) is 18.5 Å². The number of amides is 1. The molecule has 0 spiro atoms. The van der Waals surface area contributed by atoms with Crippen LogP contribution in [0.15, 0.2) is 0 Å². The maximum Gasteiger partial charge on any atom is 0.343 e. The maximum atomic E-state index is 12.2. The van der Waals surface area contributed by atoms with Gasteiger partial charge in [0.25, 0.3) is 5.91 Å². The second-order valence-corrected chi connectivity index (χ2v) is 5.63. The molecule has 118 valence electrons. The Balaban J connectivity index is 2.88. The van der Waals surface area contributed by atoms with Gasteiger partial charge in [-0.3, -0.25) is 9.48 Å². The summed E-state index contributed by atoms with van der Waals surface area (Å²) in [7, 11) is 0. The van der Waals surface area contributed by atoms with Gasteiger partial charge in [-0.1, -0.05) is 25.4 Å². The van der Waals surface area contributed by atoms with Crippen LogP contribution in [0.2, 0.25) is 5.15 Å². The molecule has 0 saturated heterocycles. The summed E-state index contributed by atoms with van der Waals surface area (Å²) in [4.78, 5) is 23.8. The summed E-state index contributed by atoms with van der Waals surface area (Å²) < 4.78 is 6.72. The second kappa shape index (κ2) is 7.45. The molecule has 1 heterocycles. The van der Waals surface area contributed by atoms with Gasteiger partial charge in [0.1, 0.15) is 10.7 Å². The highest BCUT2D eigenvalue weighted by atomic mass is 35.5. The molecule has 0 saturated carbocycles. The molecule has 0 aromatic carbocycles. The van der Waals surface area contributed by atoms with Crippen molar-refractivity contribution in [2.75, 3.05) is 6.54 Å². The van der Waals surface area contributed by atoms with Crippen LogP contribution in [-0.2, 0) is 16.1 Å². The molecule has 0 aliphatic heterocycles. The van der Waals surface area contributed by atoms with Crippen molar-refractivity contribution in [3.63, 3.8) is 0 Å². The number of nitrogens with zero attached hydrogens (tertiary/aromatic N) is 2. The largest absolute Gasteiger partial charge is 0.449 e. The van der Waals surface area contributed by atoms with Crippen molar-refractivity contribution in [2.24, 2.45) is 5.92 Å². The third kappa shape index (κ3) is 4.46. The van der Waals surface area contributed by atoms with E-state index in [0.717, 1.165) is 0 Å². The van der Waals surface area contributed by atoms with E-state index in [0.29, 0.717) is 24.7 Å². The third-order valence-corrected chi connectivity index (χ3v) is 3.20. The predicted molar refractivity (Wildman–Crippen MR) is 80.4 cm³/mol. The van der Waals surface area contributed by atoms with Gasteiger partial charge < -0.3 is 10.1 Å². The smallest absolute Gasteiger partial charge is 0.343 e. The lowest BCUT2D eigenvalue weighted by Crippen LogP contribution is -2.35. The number of aryl methyl sites for hydroxylation is 1. The molecule has 1 rings (SSSR count). The highest BCUT2D eigenvalue weighted by Gasteiger charge is 2.25. The van der Waals surface area contributed by atoms with Crippen LogP contribution in [-0.4, -0.2) is 34.3 Å². The fourth-order valence-electron chi connectivity index (χ4n) is 1.84. The lowest BCUT2D eigenvalue weighted by molar-refractivity contribution is -0.128. The van der Waals surface area contributed by atoms with Crippen LogP contribution >= 0.6 is 11.6 Å². The number of carbonyl (C=O) groups is 2. The SMILES string of the molecule is CCNC(=O)[C@@H](C)OC(=O)c1c(C)nn(CC(C)C)c1Cl. The lowest BCUT2D eigenvalue weighted by Gasteiger charge is -2.12. The van der Waals surface area contributed by atoms with E-state index in [-0.39, 0.29) is 16.6 Å². The Hall–Kier alpha value is -1.56. The summed E-state index contributed by atoms with van der Waals surface area (Å²) in [6.07, 6.45) is -0.874. The summed E-state index contributed by atoms with van der Waals surface area (Å²) in [6, 6.07) is 0. The van der Waals surface area contributed by atoms with E-state index in [1.165, 1.54) is 6.92 Å². The molecule has 0 bridgehead atoms. The highest BCUT2D eigenvalue weighted by molar-refractivity contribution is 6.32. The van der Waals surface area contributed by atoms with Crippen molar-refractivity contribution in [3.05, 3.63) is 16.4 Å². The van der Waals surface area contributed by atoms with Crippen molar-refractivity contribution < 1.29 is 14.3 Å². The molecule has 1 amide bonds. The molecule has 6 nitrogen and oxygen atoms in total. The maximum absolute atomic E-state index is 12.2. The van der Waals surface area contributed by atoms with Gasteiger partial charge in [0.15, 0.2) is 6.10 Å². The summed E-state index contributed by atoms with van der Waals surface area (Å²) in [5, 5.41) is 7.08. The van der Waals surface area contributed by atoms with Crippen LogP contribution in [0, 0.1) is 12.8 Å². The topological polar surface area (TPSA) is 73.2 Å². The zero-order valence-corrected chi connectivity index (χ0v) is 13.8.